The SMILES string of the molecule is O=CC1CCCCC1C(O)C(F)(F)F. The van der Waals surface area contributed by atoms with Crippen molar-refractivity contribution in [1.29, 1.82) is 0 Å². The highest BCUT2D eigenvalue weighted by molar-refractivity contribution is 5.54. The van der Waals surface area contributed by atoms with Crippen LogP contribution in [0.4, 0.5) is 13.2 Å². The second-order valence-corrected chi connectivity index (χ2v) is 3.73. The largest absolute Gasteiger partial charge is 0.414 e. The van der Waals surface area contributed by atoms with Crippen molar-refractivity contribution in [2.45, 2.75) is 38.0 Å². The third kappa shape index (κ3) is 2.47. The highest BCUT2D eigenvalue weighted by atomic mass is 19.4. The summed E-state index contributed by atoms with van der Waals surface area (Å²) in [7, 11) is 0. The molecule has 1 N–H and O–H groups in total. The first-order valence-corrected chi connectivity index (χ1v) is 4.67. The minimum absolute atomic E-state index is 0.282. The van der Waals surface area contributed by atoms with Crippen LogP contribution in [0.5, 0.6) is 0 Å². The summed E-state index contributed by atoms with van der Waals surface area (Å²) < 4.78 is 36.5. The number of halogens is 3. The lowest BCUT2D eigenvalue weighted by Crippen LogP contribution is -2.41. The first-order valence-electron chi connectivity index (χ1n) is 4.67. The Hall–Kier alpha value is -0.580. The molecule has 0 bridgehead atoms. The van der Waals surface area contributed by atoms with E-state index >= 15 is 0 Å². The van der Waals surface area contributed by atoms with E-state index in [0.29, 0.717) is 19.1 Å². The van der Waals surface area contributed by atoms with Crippen LogP contribution in [0.1, 0.15) is 25.7 Å². The van der Waals surface area contributed by atoms with Gasteiger partial charge in [-0.2, -0.15) is 13.2 Å². The molecule has 0 radical (unpaired) electrons. The molecule has 14 heavy (non-hydrogen) atoms. The van der Waals surface area contributed by atoms with Gasteiger partial charge in [0.15, 0.2) is 6.10 Å². The molecular weight excluding hydrogens is 197 g/mol. The molecule has 0 aliphatic heterocycles. The summed E-state index contributed by atoms with van der Waals surface area (Å²) in [6.45, 7) is 0. The molecule has 82 valence electrons. The van der Waals surface area contributed by atoms with E-state index in [-0.39, 0.29) is 6.42 Å². The lowest BCUT2D eigenvalue weighted by molar-refractivity contribution is -0.226. The van der Waals surface area contributed by atoms with Gasteiger partial charge in [0.05, 0.1) is 0 Å². The molecular formula is C9H13F3O2. The molecule has 0 amide bonds. The summed E-state index contributed by atoms with van der Waals surface area (Å²) in [5, 5.41) is 9.03. The normalized spacial score (nSPS) is 31.1. The van der Waals surface area contributed by atoms with Gasteiger partial charge in [-0.15, -0.1) is 0 Å². The molecule has 0 aromatic rings. The number of rotatable bonds is 2. The molecule has 0 aromatic heterocycles. The van der Waals surface area contributed by atoms with E-state index < -0.39 is 24.1 Å². The van der Waals surface area contributed by atoms with Gasteiger partial charge in [-0.05, 0) is 12.8 Å². The fraction of sp³-hybridized carbons (Fsp3) is 0.889. The molecule has 3 atom stereocenters. The van der Waals surface area contributed by atoms with Crippen LogP contribution in [0.15, 0.2) is 0 Å². The van der Waals surface area contributed by atoms with E-state index in [4.69, 9.17) is 5.11 Å². The van der Waals surface area contributed by atoms with E-state index in [1.165, 1.54) is 0 Å². The van der Waals surface area contributed by atoms with Crippen LogP contribution in [0.2, 0.25) is 0 Å². The molecule has 1 saturated carbocycles. The topological polar surface area (TPSA) is 37.3 Å². The van der Waals surface area contributed by atoms with Gasteiger partial charge in [-0.25, -0.2) is 0 Å². The Morgan fingerprint density at radius 2 is 1.86 bits per heavy atom. The zero-order chi connectivity index (χ0) is 10.8. The van der Waals surface area contributed by atoms with Gasteiger partial charge in [0.25, 0.3) is 0 Å². The van der Waals surface area contributed by atoms with Gasteiger partial charge in [0.1, 0.15) is 6.29 Å². The molecule has 5 heteroatoms. The lowest BCUT2D eigenvalue weighted by Gasteiger charge is -2.32. The van der Waals surface area contributed by atoms with Crippen molar-refractivity contribution in [3.63, 3.8) is 0 Å². The number of hydrogen-bond donors (Lipinski definition) is 1. The van der Waals surface area contributed by atoms with Gasteiger partial charge in [0.2, 0.25) is 0 Å². The lowest BCUT2D eigenvalue weighted by atomic mass is 9.77. The molecule has 0 heterocycles. The van der Waals surface area contributed by atoms with Crippen molar-refractivity contribution in [3.05, 3.63) is 0 Å². The van der Waals surface area contributed by atoms with Gasteiger partial charge >= 0.3 is 6.18 Å². The zero-order valence-corrected chi connectivity index (χ0v) is 7.63. The molecule has 1 aliphatic rings. The van der Waals surface area contributed by atoms with Gasteiger partial charge < -0.3 is 9.90 Å². The van der Waals surface area contributed by atoms with E-state index in [1.807, 2.05) is 0 Å². The average Bonchev–Trinajstić information content (AvgIpc) is 2.15. The molecule has 0 saturated heterocycles. The van der Waals surface area contributed by atoms with Crippen molar-refractivity contribution < 1.29 is 23.1 Å². The second-order valence-electron chi connectivity index (χ2n) is 3.73. The summed E-state index contributed by atoms with van der Waals surface area (Å²) in [4.78, 5) is 10.5. The molecule has 0 aromatic carbocycles. The molecule has 2 nitrogen and oxygen atoms in total. The molecule has 1 rings (SSSR count). The highest BCUT2D eigenvalue weighted by Crippen LogP contribution is 2.37. The average molecular weight is 210 g/mol. The highest BCUT2D eigenvalue weighted by Gasteiger charge is 2.46. The number of aliphatic hydroxyl groups excluding tert-OH is 1. The summed E-state index contributed by atoms with van der Waals surface area (Å²) in [6.07, 6.45) is -4.25. The molecule has 1 aliphatic carbocycles. The summed E-state index contributed by atoms with van der Waals surface area (Å²) >= 11 is 0. The Morgan fingerprint density at radius 1 is 1.29 bits per heavy atom. The molecule has 3 unspecified atom stereocenters. The van der Waals surface area contributed by atoms with Crippen LogP contribution in [0.25, 0.3) is 0 Å². The van der Waals surface area contributed by atoms with Crippen molar-refractivity contribution in [2.24, 2.45) is 11.8 Å². The summed E-state index contributed by atoms with van der Waals surface area (Å²) in [6, 6.07) is 0. The Kier molecular flexibility index (Phi) is 3.53. The Morgan fingerprint density at radius 3 is 2.36 bits per heavy atom. The van der Waals surface area contributed by atoms with Crippen LogP contribution in [0, 0.1) is 11.8 Å². The minimum Gasteiger partial charge on any atom is -0.383 e. The van der Waals surface area contributed by atoms with Crippen LogP contribution < -0.4 is 0 Å². The maximum absolute atomic E-state index is 12.2. The number of hydrogen-bond acceptors (Lipinski definition) is 2. The minimum atomic E-state index is -4.61. The van der Waals surface area contributed by atoms with Gasteiger partial charge in [-0.1, -0.05) is 12.8 Å². The Bertz CT molecular complexity index is 203. The number of aliphatic hydroxyl groups is 1. The number of carbonyl (C=O) groups excluding carboxylic acids is 1. The zero-order valence-electron chi connectivity index (χ0n) is 7.63. The fourth-order valence-corrected chi connectivity index (χ4v) is 1.99. The van der Waals surface area contributed by atoms with E-state index in [1.54, 1.807) is 0 Å². The summed E-state index contributed by atoms with van der Waals surface area (Å²) in [5.74, 6) is -1.58. The predicted molar refractivity (Wildman–Crippen MR) is 43.6 cm³/mol. The standard InChI is InChI=1S/C9H13F3O2/c10-9(11,12)8(14)7-4-2-1-3-6(7)5-13/h5-8,14H,1-4H2. The van der Waals surface area contributed by atoms with Crippen LogP contribution in [0.3, 0.4) is 0 Å². The maximum atomic E-state index is 12.2. The first kappa shape index (κ1) is 11.5. The van der Waals surface area contributed by atoms with Crippen molar-refractivity contribution in [2.75, 3.05) is 0 Å². The summed E-state index contributed by atoms with van der Waals surface area (Å²) in [5.41, 5.74) is 0. The quantitative estimate of drug-likeness (QED) is 0.707. The van der Waals surface area contributed by atoms with Crippen LogP contribution >= 0.6 is 0 Å². The predicted octanol–water partition coefficient (Wildman–Crippen LogP) is 1.91. The van der Waals surface area contributed by atoms with Crippen molar-refractivity contribution in [3.8, 4) is 0 Å². The van der Waals surface area contributed by atoms with Crippen LogP contribution in [-0.2, 0) is 4.79 Å². The smallest absolute Gasteiger partial charge is 0.383 e. The van der Waals surface area contributed by atoms with Gasteiger partial charge in [0, 0.05) is 11.8 Å². The van der Waals surface area contributed by atoms with Crippen molar-refractivity contribution >= 4 is 6.29 Å². The monoisotopic (exact) mass is 210 g/mol. The van der Waals surface area contributed by atoms with E-state index in [9.17, 15) is 18.0 Å². The number of aldehydes is 1. The van der Waals surface area contributed by atoms with Crippen LogP contribution in [-0.4, -0.2) is 23.7 Å². The number of alkyl halides is 3. The van der Waals surface area contributed by atoms with Gasteiger partial charge in [-0.3, -0.25) is 0 Å². The second kappa shape index (κ2) is 4.29. The van der Waals surface area contributed by atoms with E-state index in [0.717, 1.165) is 6.42 Å². The molecule has 1 fully saturated rings. The maximum Gasteiger partial charge on any atom is 0.414 e. The van der Waals surface area contributed by atoms with Crippen molar-refractivity contribution in [1.82, 2.24) is 0 Å². The first-order chi connectivity index (χ1) is 6.46. The Balaban J connectivity index is 2.68. The Labute approximate surface area is 80.1 Å². The fourth-order valence-electron chi connectivity index (χ4n) is 1.99. The third-order valence-electron chi connectivity index (χ3n) is 2.79. The molecule has 0 spiro atoms. The third-order valence-corrected chi connectivity index (χ3v) is 2.79. The number of carbonyl (C=O) groups is 1. The van der Waals surface area contributed by atoms with E-state index in [2.05, 4.69) is 0 Å².